The van der Waals surface area contributed by atoms with Crippen LogP contribution in [0.25, 0.3) is 85.9 Å². The molecule has 11 rings (SSSR count). The van der Waals surface area contributed by atoms with Crippen LogP contribution >= 0.6 is 11.3 Å². The van der Waals surface area contributed by atoms with Crippen LogP contribution in [0.5, 0.6) is 0 Å². The Bertz CT molecular complexity index is 3330. The van der Waals surface area contributed by atoms with Crippen LogP contribution in [0.3, 0.4) is 0 Å². The van der Waals surface area contributed by atoms with Gasteiger partial charge >= 0.3 is 0 Å². The molecule has 0 N–H and O–H groups in total. The molecule has 0 aliphatic carbocycles. The molecule has 0 radical (unpaired) electrons. The van der Waals surface area contributed by atoms with Gasteiger partial charge in [-0.3, -0.25) is 4.98 Å². The van der Waals surface area contributed by atoms with Crippen LogP contribution in [0.4, 0.5) is 17.1 Å². The average molecular weight is 756 g/mol. The van der Waals surface area contributed by atoms with E-state index in [1.807, 2.05) is 47.9 Å². The van der Waals surface area contributed by atoms with Gasteiger partial charge in [0.2, 0.25) is 0 Å². The Hall–Kier alpha value is -7.58. The van der Waals surface area contributed by atoms with Crippen LogP contribution < -0.4 is 4.90 Å². The number of hydrogen-bond donors (Lipinski definition) is 0. The van der Waals surface area contributed by atoms with E-state index in [2.05, 4.69) is 174 Å². The number of nitrogens with zero attached hydrogens (tertiary/aromatic N) is 3. The van der Waals surface area contributed by atoms with Gasteiger partial charge in [-0.2, -0.15) is 5.26 Å². The Balaban J connectivity index is 1.06. The summed E-state index contributed by atoms with van der Waals surface area (Å²) in [5, 5.41) is 19.6. The number of rotatable bonds is 6. The number of fused-ring (bicyclic) bond motifs is 6. The lowest BCUT2D eigenvalue weighted by Gasteiger charge is -2.26. The van der Waals surface area contributed by atoms with Gasteiger partial charge < -0.3 is 4.90 Å². The average Bonchev–Trinajstić information content (AvgIpc) is 3.66. The minimum absolute atomic E-state index is 0.634. The second kappa shape index (κ2) is 13.9. The van der Waals surface area contributed by atoms with Gasteiger partial charge in [-0.05, 0) is 126 Å². The molecule has 3 nitrogen and oxygen atoms in total. The van der Waals surface area contributed by atoms with E-state index in [1.54, 1.807) is 6.20 Å². The Morgan fingerprint density at radius 1 is 0.431 bits per heavy atom. The summed E-state index contributed by atoms with van der Waals surface area (Å²) in [6.45, 7) is 0. The van der Waals surface area contributed by atoms with Crippen LogP contribution in [0.2, 0.25) is 0 Å². The quantitative estimate of drug-likeness (QED) is 0.159. The lowest BCUT2D eigenvalue weighted by Crippen LogP contribution is -2.09. The molecule has 270 valence electrons. The molecule has 0 aliphatic heterocycles. The first-order valence-corrected chi connectivity index (χ1v) is 20.2. The van der Waals surface area contributed by atoms with Crippen molar-refractivity contribution in [1.82, 2.24) is 4.98 Å². The number of thiophene rings is 1. The Kier molecular flexibility index (Phi) is 8.06. The molecule has 58 heavy (non-hydrogen) atoms. The predicted octanol–water partition coefficient (Wildman–Crippen LogP) is 15.3. The Labute approximate surface area is 340 Å². The smallest absolute Gasteiger partial charge is 0.0991 e. The first kappa shape index (κ1) is 33.7. The monoisotopic (exact) mass is 755 g/mol. The van der Waals surface area contributed by atoms with Gasteiger partial charge in [0.1, 0.15) is 0 Å². The molecule has 0 saturated carbocycles. The van der Waals surface area contributed by atoms with Crippen LogP contribution in [0, 0.1) is 11.3 Å². The molecule has 0 unspecified atom stereocenters. The number of hydrogen-bond acceptors (Lipinski definition) is 4. The maximum atomic E-state index is 9.55. The normalized spacial score (nSPS) is 11.4. The van der Waals surface area contributed by atoms with Gasteiger partial charge in [-0.15, -0.1) is 11.3 Å². The summed E-state index contributed by atoms with van der Waals surface area (Å²) in [7, 11) is 0. The lowest BCUT2D eigenvalue weighted by atomic mass is 9.84. The van der Waals surface area contributed by atoms with E-state index in [1.165, 1.54) is 74.7 Å². The maximum absolute atomic E-state index is 9.55. The van der Waals surface area contributed by atoms with Gasteiger partial charge in [0.05, 0.1) is 11.6 Å². The van der Waals surface area contributed by atoms with E-state index in [4.69, 9.17) is 0 Å². The summed E-state index contributed by atoms with van der Waals surface area (Å²) >= 11 is 1.83. The van der Waals surface area contributed by atoms with E-state index in [0.717, 1.165) is 28.2 Å². The van der Waals surface area contributed by atoms with Gasteiger partial charge in [-0.25, -0.2) is 0 Å². The van der Waals surface area contributed by atoms with Gasteiger partial charge in [0.25, 0.3) is 0 Å². The standard InChI is InChI=1S/C54H33N3S/c55-33-35-18-23-40(24-19-35)57(41-25-20-36(21-26-41)39-11-8-30-56-34-39)42-27-29-45-44-28-22-38(31-51(44)58-52(45)32-42)53-47-13-3-5-15-49(47)54(50-16-6-4-14-48(50)53)46-17-7-10-37-9-1-2-12-43(37)46/h1-32,34H. The zero-order valence-electron chi connectivity index (χ0n) is 31.3. The van der Waals surface area contributed by atoms with E-state index in [0.29, 0.717) is 5.56 Å². The summed E-state index contributed by atoms with van der Waals surface area (Å²) < 4.78 is 2.47. The molecule has 4 heteroatoms. The summed E-state index contributed by atoms with van der Waals surface area (Å²) in [6, 6.07) is 69.6. The molecule has 0 atom stereocenters. The largest absolute Gasteiger partial charge is 0.310 e. The minimum Gasteiger partial charge on any atom is -0.310 e. The molecule has 0 amide bonds. The first-order chi connectivity index (χ1) is 28.7. The van der Waals surface area contributed by atoms with Crippen molar-refractivity contribution in [3.05, 3.63) is 206 Å². The lowest BCUT2D eigenvalue weighted by molar-refractivity contribution is 1.28. The van der Waals surface area contributed by atoms with E-state index < -0.39 is 0 Å². The molecular weight excluding hydrogens is 723 g/mol. The molecule has 0 spiro atoms. The molecule has 0 fully saturated rings. The number of nitriles is 1. The van der Waals surface area contributed by atoms with Crippen molar-refractivity contribution in [2.75, 3.05) is 4.90 Å². The third-order valence-corrected chi connectivity index (χ3v) is 12.5. The van der Waals surface area contributed by atoms with Crippen molar-refractivity contribution in [3.63, 3.8) is 0 Å². The molecule has 9 aromatic carbocycles. The van der Waals surface area contributed by atoms with E-state index >= 15 is 0 Å². The van der Waals surface area contributed by atoms with Crippen LogP contribution in [-0.2, 0) is 0 Å². The second-order valence-electron chi connectivity index (χ2n) is 14.6. The highest BCUT2D eigenvalue weighted by Gasteiger charge is 2.20. The van der Waals surface area contributed by atoms with Crippen molar-refractivity contribution in [3.8, 4) is 39.4 Å². The van der Waals surface area contributed by atoms with Crippen molar-refractivity contribution in [2.45, 2.75) is 0 Å². The molecule has 2 aromatic heterocycles. The van der Waals surface area contributed by atoms with E-state index in [-0.39, 0.29) is 0 Å². The van der Waals surface area contributed by atoms with Crippen molar-refractivity contribution >= 4 is 80.9 Å². The predicted molar refractivity (Wildman–Crippen MR) is 245 cm³/mol. The number of benzene rings is 9. The summed E-state index contributed by atoms with van der Waals surface area (Å²) in [5.41, 5.74) is 10.9. The highest BCUT2D eigenvalue weighted by atomic mass is 32.1. The van der Waals surface area contributed by atoms with Crippen molar-refractivity contribution in [1.29, 1.82) is 5.26 Å². The van der Waals surface area contributed by atoms with Crippen LogP contribution in [0.15, 0.2) is 200 Å². The van der Waals surface area contributed by atoms with Gasteiger partial charge in [0, 0.05) is 49.6 Å². The van der Waals surface area contributed by atoms with Gasteiger partial charge in [0.15, 0.2) is 0 Å². The number of anilines is 3. The Morgan fingerprint density at radius 2 is 1.00 bits per heavy atom. The molecular formula is C54H33N3S. The number of pyridine rings is 1. The molecule has 0 bridgehead atoms. The fourth-order valence-electron chi connectivity index (χ4n) is 8.70. The summed E-state index contributed by atoms with van der Waals surface area (Å²) in [6.07, 6.45) is 3.69. The highest BCUT2D eigenvalue weighted by molar-refractivity contribution is 7.25. The fraction of sp³-hybridized carbons (Fsp3) is 0. The highest BCUT2D eigenvalue weighted by Crippen LogP contribution is 2.47. The van der Waals surface area contributed by atoms with Gasteiger partial charge in [-0.1, -0.05) is 127 Å². The third kappa shape index (κ3) is 5.60. The summed E-state index contributed by atoms with van der Waals surface area (Å²) in [5.74, 6) is 0. The third-order valence-electron chi connectivity index (χ3n) is 11.4. The Morgan fingerprint density at radius 3 is 1.67 bits per heavy atom. The molecule has 0 saturated heterocycles. The molecule has 2 heterocycles. The van der Waals surface area contributed by atoms with Crippen molar-refractivity contribution < 1.29 is 0 Å². The van der Waals surface area contributed by atoms with Crippen LogP contribution in [-0.4, -0.2) is 4.98 Å². The van der Waals surface area contributed by atoms with E-state index in [9.17, 15) is 5.26 Å². The number of aromatic nitrogens is 1. The minimum atomic E-state index is 0.634. The summed E-state index contributed by atoms with van der Waals surface area (Å²) in [4.78, 5) is 6.58. The zero-order chi connectivity index (χ0) is 38.6. The topological polar surface area (TPSA) is 39.9 Å². The molecule has 11 aromatic rings. The van der Waals surface area contributed by atoms with Crippen molar-refractivity contribution in [2.24, 2.45) is 0 Å². The van der Waals surface area contributed by atoms with Crippen LogP contribution in [0.1, 0.15) is 5.56 Å². The molecule has 0 aliphatic rings. The maximum Gasteiger partial charge on any atom is 0.0991 e. The second-order valence-corrected chi connectivity index (χ2v) is 15.7. The SMILES string of the molecule is N#Cc1ccc(N(c2ccc(-c3cccnc3)cc2)c2ccc3c(c2)sc2cc(-c4c5ccccc5c(-c5cccc6ccccc56)c5ccccc45)ccc23)cc1. The first-order valence-electron chi connectivity index (χ1n) is 19.4. The fourth-order valence-corrected chi connectivity index (χ4v) is 9.88. The zero-order valence-corrected chi connectivity index (χ0v) is 32.1.